The maximum Gasteiger partial charge on any atom is 0.256 e. The summed E-state index contributed by atoms with van der Waals surface area (Å²) < 4.78 is 12.3. The molecule has 4 aromatic rings. The zero-order valence-corrected chi connectivity index (χ0v) is 17.3. The SMILES string of the molecule is COc1cc(OC)c(Cl)c(-c2cc3cnc(-c4cnn(C)c4)cc3[nH]c2=O)c1Cl. The van der Waals surface area contributed by atoms with Crippen molar-refractivity contribution in [2.75, 3.05) is 14.2 Å². The number of fused-ring (bicyclic) bond motifs is 1. The maximum absolute atomic E-state index is 12.9. The lowest BCUT2D eigenvalue weighted by Gasteiger charge is -2.14. The molecular formula is C20H16Cl2N4O3. The molecule has 1 aromatic carbocycles. The molecule has 3 heterocycles. The van der Waals surface area contributed by atoms with Gasteiger partial charge < -0.3 is 14.5 Å². The van der Waals surface area contributed by atoms with Crippen LogP contribution in [0.1, 0.15) is 0 Å². The van der Waals surface area contributed by atoms with Crippen LogP contribution in [0.5, 0.6) is 11.5 Å². The van der Waals surface area contributed by atoms with Crippen molar-refractivity contribution in [3.63, 3.8) is 0 Å². The molecule has 1 N–H and O–H groups in total. The molecule has 0 aliphatic carbocycles. The standard InChI is InChI=1S/C20H16Cl2N4O3/c1-26-9-11(8-24-26)13-5-14-10(7-23-13)4-12(20(27)25-14)17-18(21)15(28-2)6-16(29-3)19(17)22/h4-9H,1-3H3,(H,25,27). The van der Waals surface area contributed by atoms with Crippen molar-refractivity contribution in [3.05, 3.63) is 57.2 Å². The van der Waals surface area contributed by atoms with Crippen molar-refractivity contribution in [2.24, 2.45) is 7.05 Å². The number of ether oxygens (including phenoxy) is 2. The molecule has 29 heavy (non-hydrogen) atoms. The Kier molecular flexibility index (Phi) is 4.94. The Hall–Kier alpha value is -3.03. The Balaban J connectivity index is 1.92. The van der Waals surface area contributed by atoms with Gasteiger partial charge in [-0.1, -0.05) is 23.2 Å². The van der Waals surface area contributed by atoms with Gasteiger partial charge in [0.25, 0.3) is 5.56 Å². The van der Waals surface area contributed by atoms with Gasteiger partial charge in [-0.05, 0) is 12.1 Å². The van der Waals surface area contributed by atoms with Crippen molar-refractivity contribution in [1.29, 1.82) is 0 Å². The molecule has 4 rings (SSSR count). The van der Waals surface area contributed by atoms with Gasteiger partial charge >= 0.3 is 0 Å². The lowest BCUT2D eigenvalue weighted by atomic mass is 10.0. The summed E-state index contributed by atoms with van der Waals surface area (Å²) in [6, 6.07) is 5.07. The lowest BCUT2D eigenvalue weighted by molar-refractivity contribution is 0.395. The van der Waals surface area contributed by atoms with Gasteiger partial charge in [-0.2, -0.15) is 5.10 Å². The number of benzene rings is 1. The number of aromatic nitrogens is 4. The number of H-pyrrole nitrogens is 1. The molecule has 0 spiro atoms. The van der Waals surface area contributed by atoms with Crippen LogP contribution >= 0.6 is 23.2 Å². The first-order valence-corrected chi connectivity index (χ1v) is 9.31. The number of nitrogens with zero attached hydrogens (tertiary/aromatic N) is 3. The fourth-order valence-electron chi connectivity index (χ4n) is 3.12. The number of hydrogen-bond donors (Lipinski definition) is 1. The highest BCUT2D eigenvalue weighted by Gasteiger charge is 2.21. The van der Waals surface area contributed by atoms with Gasteiger partial charge in [-0.15, -0.1) is 0 Å². The van der Waals surface area contributed by atoms with Crippen LogP contribution in [0.15, 0.2) is 41.6 Å². The van der Waals surface area contributed by atoms with E-state index in [-0.39, 0.29) is 15.6 Å². The molecule has 0 bridgehead atoms. The van der Waals surface area contributed by atoms with Crippen molar-refractivity contribution >= 4 is 34.1 Å². The molecule has 0 saturated heterocycles. The number of aryl methyl sites for hydroxylation is 1. The van der Waals surface area contributed by atoms with Crippen molar-refractivity contribution < 1.29 is 9.47 Å². The Morgan fingerprint density at radius 3 is 2.31 bits per heavy atom. The highest BCUT2D eigenvalue weighted by Crippen LogP contribution is 2.45. The first kappa shape index (κ1) is 19.3. The van der Waals surface area contributed by atoms with E-state index in [0.29, 0.717) is 33.8 Å². The number of pyridine rings is 2. The molecule has 0 saturated carbocycles. The number of nitrogens with one attached hydrogen (secondary N) is 1. The second kappa shape index (κ2) is 7.42. The van der Waals surface area contributed by atoms with Crippen molar-refractivity contribution in [2.45, 2.75) is 0 Å². The molecule has 148 valence electrons. The molecule has 0 atom stereocenters. The second-order valence-corrected chi connectivity index (χ2v) is 7.11. The molecule has 3 aromatic heterocycles. The molecule has 9 heteroatoms. The summed E-state index contributed by atoms with van der Waals surface area (Å²) in [5.74, 6) is 0.708. The first-order chi connectivity index (χ1) is 13.9. The number of aromatic amines is 1. The molecular weight excluding hydrogens is 415 g/mol. The highest BCUT2D eigenvalue weighted by molar-refractivity contribution is 6.41. The second-order valence-electron chi connectivity index (χ2n) is 6.36. The van der Waals surface area contributed by atoms with Gasteiger partial charge in [0.1, 0.15) is 11.5 Å². The Morgan fingerprint density at radius 1 is 1.03 bits per heavy atom. The van der Waals surface area contributed by atoms with Crippen LogP contribution in [0.3, 0.4) is 0 Å². The zero-order valence-electron chi connectivity index (χ0n) is 15.8. The lowest BCUT2D eigenvalue weighted by Crippen LogP contribution is -2.10. The van der Waals surface area contributed by atoms with Crippen LogP contribution in [0.4, 0.5) is 0 Å². The Morgan fingerprint density at radius 2 is 1.72 bits per heavy atom. The summed E-state index contributed by atoms with van der Waals surface area (Å²) >= 11 is 12.9. The van der Waals surface area contributed by atoms with E-state index in [1.807, 2.05) is 13.2 Å². The van der Waals surface area contributed by atoms with E-state index in [2.05, 4.69) is 15.1 Å². The monoisotopic (exact) mass is 430 g/mol. The van der Waals surface area contributed by atoms with Gasteiger partial charge in [0.05, 0.1) is 47.2 Å². The highest BCUT2D eigenvalue weighted by atomic mass is 35.5. The van der Waals surface area contributed by atoms with Crippen LogP contribution in [0.2, 0.25) is 10.0 Å². The van der Waals surface area contributed by atoms with Gasteiger partial charge in [0.2, 0.25) is 0 Å². The summed E-state index contributed by atoms with van der Waals surface area (Å²) in [7, 11) is 4.79. The number of halogens is 2. The van der Waals surface area contributed by atoms with Crippen LogP contribution < -0.4 is 15.0 Å². The minimum absolute atomic E-state index is 0.225. The van der Waals surface area contributed by atoms with Gasteiger partial charge in [-0.3, -0.25) is 14.5 Å². The van der Waals surface area contributed by atoms with E-state index in [0.717, 1.165) is 10.9 Å². The maximum atomic E-state index is 12.9. The average Bonchev–Trinajstić information content (AvgIpc) is 3.14. The average molecular weight is 431 g/mol. The molecule has 0 fully saturated rings. The summed E-state index contributed by atoms with van der Waals surface area (Å²) in [6.45, 7) is 0. The van der Waals surface area contributed by atoms with E-state index in [1.54, 1.807) is 35.3 Å². The predicted molar refractivity (Wildman–Crippen MR) is 113 cm³/mol. The largest absolute Gasteiger partial charge is 0.495 e. The summed E-state index contributed by atoms with van der Waals surface area (Å²) in [6.07, 6.45) is 5.24. The molecule has 0 amide bonds. The minimum Gasteiger partial charge on any atom is -0.495 e. The summed E-state index contributed by atoms with van der Waals surface area (Å²) in [5, 5.41) is 5.32. The third-order valence-electron chi connectivity index (χ3n) is 4.57. The normalized spacial score (nSPS) is 11.1. The number of hydrogen-bond acceptors (Lipinski definition) is 5. The van der Waals surface area contributed by atoms with Crippen molar-refractivity contribution in [1.82, 2.24) is 19.7 Å². The Bertz CT molecular complexity index is 1270. The third kappa shape index (κ3) is 3.32. The van der Waals surface area contributed by atoms with E-state index in [1.165, 1.54) is 14.2 Å². The summed E-state index contributed by atoms with van der Waals surface area (Å²) in [5.41, 5.74) is 2.47. The minimum atomic E-state index is -0.347. The Labute approximate surface area is 175 Å². The van der Waals surface area contributed by atoms with Gasteiger partial charge in [0.15, 0.2) is 0 Å². The fourth-order valence-corrected chi connectivity index (χ4v) is 3.82. The van der Waals surface area contributed by atoms with Crippen molar-refractivity contribution in [3.8, 4) is 33.9 Å². The van der Waals surface area contributed by atoms with E-state index >= 15 is 0 Å². The smallest absolute Gasteiger partial charge is 0.256 e. The topological polar surface area (TPSA) is 82.0 Å². The van der Waals surface area contributed by atoms with Gasteiger partial charge in [-0.25, -0.2) is 0 Å². The van der Waals surface area contributed by atoms with Gasteiger partial charge in [0, 0.05) is 42.0 Å². The number of rotatable bonds is 4. The van der Waals surface area contributed by atoms with Crippen LogP contribution in [-0.4, -0.2) is 34.0 Å². The number of methoxy groups -OCH3 is 2. The van der Waals surface area contributed by atoms with E-state index in [4.69, 9.17) is 32.7 Å². The van der Waals surface area contributed by atoms with Crippen LogP contribution in [0.25, 0.3) is 33.3 Å². The first-order valence-electron chi connectivity index (χ1n) is 8.55. The van der Waals surface area contributed by atoms with E-state index in [9.17, 15) is 4.79 Å². The molecule has 0 radical (unpaired) electrons. The van der Waals surface area contributed by atoms with Crippen LogP contribution in [0, 0.1) is 0 Å². The third-order valence-corrected chi connectivity index (χ3v) is 5.32. The molecule has 0 aliphatic heterocycles. The fraction of sp³-hybridized carbons (Fsp3) is 0.150. The quantitative estimate of drug-likeness (QED) is 0.521. The molecule has 0 unspecified atom stereocenters. The predicted octanol–water partition coefficient (Wildman–Crippen LogP) is 4.31. The van der Waals surface area contributed by atoms with Crippen LogP contribution in [-0.2, 0) is 7.05 Å². The van der Waals surface area contributed by atoms with E-state index < -0.39 is 0 Å². The molecule has 0 aliphatic rings. The zero-order chi connectivity index (χ0) is 20.7. The molecule has 7 nitrogen and oxygen atoms in total. The summed E-state index contributed by atoms with van der Waals surface area (Å²) in [4.78, 5) is 20.3.